The van der Waals surface area contributed by atoms with Crippen LogP contribution in [0.25, 0.3) is 5.69 Å². The molecule has 0 bridgehead atoms. The number of nitrogens with zero attached hydrogens (tertiary/aromatic N) is 5. The second-order valence-electron chi connectivity index (χ2n) is 7.33. The summed E-state index contributed by atoms with van der Waals surface area (Å²) < 4.78 is 21.8. The molecule has 1 aliphatic rings. The van der Waals surface area contributed by atoms with Crippen LogP contribution in [0.3, 0.4) is 0 Å². The van der Waals surface area contributed by atoms with Crippen LogP contribution in [0, 0.1) is 5.82 Å². The quantitative estimate of drug-likeness (QED) is 0.524. The van der Waals surface area contributed by atoms with Crippen molar-refractivity contribution >= 4 is 40.9 Å². The third-order valence-corrected chi connectivity index (χ3v) is 5.15. The molecule has 1 N–H and O–H groups in total. The van der Waals surface area contributed by atoms with Crippen molar-refractivity contribution in [2.75, 3.05) is 18.0 Å². The molecule has 3 heterocycles. The molecule has 0 saturated carbocycles. The number of hydrogen-bond donors (Lipinski definition) is 1. The molecular weight excluding hydrogens is 462 g/mol. The van der Waals surface area contributed by atoms with Gasteiger partial charge in [-0.05, 0) is 31.2 Å². The van der Waals surface area contributed by atoms with Crippen LogP contribution >= 0.6 is 23.2 Å². The number of carbonyl (C=O) groups excluding carboxylic acids is 2. The summed E-state index contributed by atoms with van der Waals surface area (Å²) in [5.74, 6) is -1.13. The van der Waals surface area contributed by atoms with Gasteiger partial charge in [-0.3, -0.25) is 14.4 Å². The van der Waals surface area contributed by atoms with Gasteiger partial charge in [-0.15, -0.1) is 0 Å². The number of nitrogens with one attached hydrogen (secondary N) is 1. The van der Waals surface area contributed by atoms with Gasteiger partial charge in [0.25, 0.3) is 5.91 Å². The van der Waals surface area contributed by atoms with Gasteiger partial charge in [0.2, 0.25) is 0 Å². The fraction of sp³-hybridized carbons (Fsp3) is 0.300. The van der Waals surface area contributed by atoms with Crippen molar-refractivity contribution < 1.29 is 18.7 Å². The molecule has 168 valence electrons. The van der Waals surface area contributed by atoms with Gasteiger partial charge < -0.3 is 14.6 Å². The molecule has 9 nitrogen and oxygen atoms in total. The molecule has 0 aliphatic carbocycles. The zero-order valence-corrected chi connectivity index (χ0v) is 18.4. The zero-order valence-electron chi connectivity index (χ0n) is 16.9. The Morgan fingerprint density at radius 2 is 2.22 bits per heavy atom. The van der Waals surface area contributed by atoms with E-state index in [1.807, 2.05) is 12.3 Å². The van der Waals surface area contributed by atoms with E-state index in [-0.39, 0.29) is 18.8 Å². The van der Waals surface area contributed by atoms with Gasteiger partial charge in [0.15, 0.2) is 4.33 Å². The van der Waals surface area contributed by atoms with Crippen LogP contribution in [0.15, 0.2) is 49.2 Å². The summed E-state index contributed by atoms with van der Waals surface area (Å²) >= 11 is 11.4. The summed E-state index contributed by atoms with van der Waals surface area (Å²) in [6, 6.07) is 6.23. The number of alkyl halides is 2. The Morgan fingerprint density at radius 1 is 1.41 bits per heavy atom. The van der Waals surface area contributed by atoms with E-state index >= 15 is 0 Å². The van der Waals surface area contributed by atoms with Gasteiger partial charge in [0.1, 0.15) is 11.9 Å². The highest BCUT2D eigenvalue weighted by Crippen LogP contribution is 2.26. The summed E-state index contributed by atoms with van der Waals surface area (Å²) in [6.07, 6.45) is 5.45. The van der Waals surface area contributed by atoms with E-state index in [0.29, 0.717) is 12.2 Å². The van der Waals surface area contributed by atoms with Crippen molar-refractivity contribution in [1.82, 2.24) is 24.6 Å². The Balaban J connectivity index is 1.42. The Labute approximate surface area is 192 Å². The maximum atomic E-state index is 14.9. The number of benzene rings is 1. The number of carbonyl (C=O) groups is 2. The molecule has 0 radical (unpaired) electrons. The first-order valence-corrected chi connectivity index (χ1v) is 10.4. The molecule has 32 heavy (non-hydrogen) atoms. The summed E-state index contributed by atoms with van der Waals surface area (Å²) in [6.45, 7) is 1.97. The van der Waals surface area contributed by atoms with E-state index < -0.39 is 28.3 Å². The van der Waals surface area contributed by atoms with E-state index in [2.05, 4.69) is 15.4 Å². The molecule has 2 aromatic heterocycles. The van der Waals surface area contributed by atoms with Crippen LogP contribution in [0.1, 0.15) is 12.6 Å². The number of imidazole rings is 1. The fourth-order valence-corrected chi connectivity index (χ4v) is 3.34. The second kappa shape index (κ2) is 8.79. The topological polar surface area (TPSA) is 94.3 Å². The standard InChI is InChI=1S/C20H19Cl2FN6O3/c1-20(21,22)18(30)24-8-15-11-29(19(31)32-15)14-3-4-17(16(23)7-14)27-9-13(25-12-27)10-28-6-2-5-26-28/h2-7,9,12,15H,8,10-11H2,1H3,(H,24,30). The SMILES string of the molecule is CC(Cl)(Cl)C(=O)NCC1CN(c2ccc(-n3cnc(Cn4cccn4)c3)c(F)c2)C(=O)O1. The molecule has 0 spiro atoms. The Morgan fingerprint density at radius 3 is 2.91 bits per heavy atom. The molecule has 4 rings (SSSR count). The lowest BCUT2D eigenvalue weighted by Crippen LogP contribution is -2.41. The molecule has 1 saturated heterocycles. The van der Waals surface area contributed by atoms with E-state index in [9.17, 15) is 14.0 Å². The number of aromatic nitrogens is 4. The lowest BCUT2D eigenvalue weighted by molar-refractivity contribution is -0.121. The van der Waals surface area contributed by atoms with Crippen LogP contribution in [-0.2, 0) is 16.1 Å². The van der Waals surface area contributed by atoms with Crippen LogP contribution in [0.2, 0.25) is 0 Å². The lowest BCUT2D eigenvalue weighted by Gasteiger charge is -2.16. The van der Waals surface area contributed by atoms with Gasteiger partial charge >= 0.3 is 6.09 Å². The summed E-state index contributed by atoms with van der Waals surface area (Å²) in [5, 5.41) is 6.64. The number of ether oxygens (including phenoxy) is 1. The highest BCUT2D eigenvalue weighted by molar-refractivity contribution is 6.57. The molecule has 12 heteroatoms. The van der Waals surface area contributed by atoms with E-state index in [1.165, 1.54) is 24.2 Å². The average Bonchev–Trinajstić information content (AvgIpc) is 3.47. The smallest absolute Gasteiger partial charge is 0.414 e. The van der Waals surface area contributed by atoms with Crippen molar-refractivity contribution in [3.8, 4) is 5.69 Å². The predicted molar refractivity (Wildman–Crippen MR) is 116 cm³/mol. The molecule has 2 amide bonds. The van der Waals surface area contributed by atoms with Crippen molar-refractivity contribution in [2.24, 2.45) is 0 Å². The summed E-state index contributed by atoms with van der Waals surface area (Å²) in [5.41, 5.74) is 1.34. The first-order chi connectivity index (χ1) is 15.2. The minimum atomic E-state index is -1.59. The number of halogens is 3. The number of anilines is 1. The minimum Gasteiger partial charge on any atom is -0.442 e. The van der Waals surface area contributed by atoms with E-state index in [1.54, 1.807) is 33.8 Å². The van der Waals surface area contributed by atoms with Gasteiger partial charge in [0.05, 0.1) is 43.0 Å². The second-order valence-corrected chi connectivity index (χ2v) is 9.03. The van der Waals surface area contributed by atoms with Crippen molar-refractivity contribution in [1.29, 1.82) is 0 Å². The summed E-state index contributed by atoms with van der Waals surface area (Å²) in [4.78, 5) is 29.6. The fourth-order valence-electron chi connectivity index (χ4n) is 3.21. The summed E-state index contributed by atoms with van der Waals surface area (Å²) in [7, 11) is 0. The zero-order chi connectivity index (χ0) is 22.9. The Hall–Kier alpha value is -3.11. The van der Waals surface area contributed by atoms with Crippen molar-refractivity contribution in [2.45, 2.75) is 23.9 Å². The number of cyclic esters (lactones) is 1. The highest BCUT2D eigenvalue weighted by atomic mass is 35.5. The van der Waals surface area contributed by atoms with Crippen molar-refractivity contribution in [3.05, 3.63) is 60.7 Å². The third-order valence-electron chi connectivity index (χ3n) is 4.80. The number of rotatable bonds is 7. The van der Waals surface area contributed by atoms with Gasteiger partial charge in [0, 0.05) is 18.6 Å². The molecule has 1 aromatic carbocycles. The molecule has 1 atom stereocenters. The van der Waals surface area contributed by atoms with Crippen molar-refractivity contribution in [3.63, 3.8) is 0 Å². The van der Waals surface area contributed by atoms with Gasteiger partial charge in [-0.2, -0.15) is 5.10 Å². The largest absolute Gasteiger partial charge is 0.442 e. The van der Waals surface area contributed by atoms with Gasteiger partial charge in [-0.25, -0.2) is 14.2 Å². The van der Waals surface area contributed by atoms with Crippen LogP contribution in [-0.4, -0.2) is 54.9 Å². The highest BCUT2D eigenvalue weighted by Gasteiger charge is 2.34. The normalized spacial score (nSPS) is 16.3. The Bertz CT molecular complexity index is 1130. The molecule has 1 aliphatic heterocycles. The number of amides is 2. The Kier molecular flexibility index (Phi) is 6.07. The van der Waals surface area contributed by atoms with Crippen LogP contribution in [0.5, 0.6) is 0 Å². The maximum Gasteiger partial charge on any atom is 0.414 e. The first-order valence-electron chi connectivity index (χ1n) is 9.65. The maximum absolute atomic E-state index is 14.9. The molecule has 3 aromatic rings. The molecule has 1 fully saturated rings. The number of hydrogen-bond acceptors (Lipinski definition) is 5. The van der Waals surface area contributed by atoms with E-state index in [4.69, 9.17) is 27.9 Å². The minimum absolute atomic E-state index is 0.0325. The van der Waals surface area contributed by atoms with Crippen LogP contribution < -0.4 is 10.2 Å². The van der Waals surface area contributed by atoms with Crippen LogP contribution in [0.4, 0.5) is 14.9 Å². The predicted octanol–water partition coefficient (Wildman–Crippen LogP) is 2.89. The first kappa shape index (κ1) is 22.1. The molecular formula is C20H19Cl2FN6O3. The van der Waals surface area contributed by atoms with Gasteiger partial charge in [-0.1, -0.05) is 23.2 Å². The molecule has 1 unspecified atom stereocenters. The van der Waals surface area contributed by atoms with E-state index in [0.717, 1.165) is 5.69 Å². The average molecular weight is 481 g/mol. The lowest BCUT2D eigenvalue weighted by atomic mass is 10.2. The monoisotopic (exact) mass is 480 g/mol. The third kappa shape index (κ3) is 4.86.